The Morgan fingerprint density at radius 1 is 0.256 bits per heavy atom. The second kappa shape index (κ2) is 18.0. The molecule has 0 fully saturated rings. The van der Waals surface area contributed by atoms with Crippen LogP contribution in [0.4, 0.5) is 0 Å². The standard InChI is InChI=1S/C64H24B14N4/c65-44-38-37-41-42-40(39(38)45(66)49(70)48(44)69)46(67)50(71)55(76)59(42)82(60-56(77)52(73)51(72)53(74)57(60)78)58(41)54(75)47(68)43(37)63-80-61(27-23-21-26(22-24-27)25-11-2-1-3-12-25)79-62(81-63)31-16-10-20-35-36(31)30-15-6-9-19-34(30)64(35)32-17-7-4-13-28(32)29-14-5-8-18-33(29)64/h1-24H. The van der Waals surface area contributed by atoms with E-state index in [2.05, 4.69) is 97.1 Å². The van der Waals surface area contributed by atoms with Gasteiger partial charge in [0, 0.05) is 49.6 Å². The highest BCUT2D eigenvalue weighted by molar-refractivity contribution is 6.74. The highest BCUT2D eigenvalue weighted by atomic mass is 15.0. The van der Waals surface area contributed by atoms with Crippen LogP contribution in [0, 0.1) is 0 Å². The molecule has 0 amide bonds. The largest absolute Gasteiger partial charge is 0.312 e. The summed E-state index contributed by atoms with van der Waals surface area (Å²) in [5.74, 6) is 0.764. The Morgan fingerprint density at radius 3 is 1.24 bits per heavy atom. The van der Waals surface area contributed by atoms with Crippen LogP contribution in [0.3, 0.4) is 0 Å². The van der Waals surface area contributed by atoms with E-state index < -0.39 is 5.41 Å². The number of aromatic nitrogens is 4. The first-order valence-electron chi connectivity index (χ1n) is 26.3. The molecule has 2 aliphatic rings. The maximum Gasteiger partial charge on any atom is 0.164 e. The van der Waals surface area contributed by atoms with E-state index in [1.54, 1.807) is 4.57 Å². The van der Waals surface area contributed by atoms with Crippen molar-refractivity contribution in [3.05, 3.63) is 168 Å². The SMILES string of the molecule is [B]c1c([B])c([B])c(-n2c3c([B])c([B])c([B])c4c5c([B])c([B])c([B])c([B])c5c5c(-c6nc(-c7ccc(-c8ccccc8)cc7)nc(-c7cccc8c7-c7ccccc7C87c8ccccc8-c8ccccc87)n6)c([B])c([B])c2c5c43)c([B])c1[B]. The van der Waals surface area contributed by atoms with Crippen molar-refractivity contribution >= 4 is 230 Å². The molecule has 0 aliphatic heterocycles. The average Bonchev–Trinajstić information content (AvgIpc) is 1.77. The molecule has 342 valence electrons. The third-order valence-corrected chi connectivity index (χ3v) is 17.3. The lowest BCUT2D eigenvalue weighted by Crippen LogP contribution is -2.56. The van der Waals surface area contributed by atoms with Crippen LogP contribution in [0.5, 0.6) is 0 Å². The molecule has 0 bridgehead atoms. The quantitative estimate of drug-likeness (QED) is 0.162. The van der Waals surface area contributed by atoms with Crippen LogP contribution in [0.25, 0.3) is 117 Å². The summed E-state index contributed by atoms with van der Waals surface area (Å²) in [6.07, 6.45) is 0. The van der Waals surface area contributed by atoms with Gasteiger partial charge in [0.15, 0.2) is 17.5 Å². The second-order valence-electron chi connectivity index (χ2n) is 21.2. The Hall–Kier alpha value is -8.08. The van der Waals surface area contributed by atoms with Crippen LogP contribution >= 0.6 is 0 Å². The molecule has 82 heavy (non-hydrogen) atoms. The van der Waals surface area contributed by atoms with E-state index in [1.165, 1.54) is 22.3 Å². The topological polar surface area (TPSA) is 43.6 Å². The van der Waals surface area contributed by atoms with Crippen molar-refractivity contribution in [2.24, 2.45) is 0 Å². The molecule has 2 heterocycles. The lowest BCUT2D eigenvalue weighted by Gasteiger charge is -2.30. The van der Waals surface area contributed by atoms with Gasteiger partial charge in [-0.1, -0.05) is 189 Å². The van der Waals surface area contributed by atoms with Crippen molar-refractivity contribution in [1.82, 2.24) is 19.5 Å². The Morgan fingerprint density at radius 2 is 0.646 bits per heavy atom. The van der Waals surface area contributed by atoms with Crippen molar-refractivity contribution in [2.75, 3.05) is 0 Å². The zero-order valence-corrected chi connectivity index (χ0v) is 43.7. The zero-order chi connectivity index (χ0) is 56.7. The Labute approximate surface area is 492 Å². The van der Waals surface area contributed by atoms with Gasteiger partial charge in [0.1, 0.15) is 110 Å². The van der Waals surface area contributed by atoms with Gasteiger partial charge in [-0.2, -0.15) is 0 Å². The summed E-state index contributed by atoms with van der Waals surface area (Å²) in [4.78, 5) is 16.3. The van der Waals surface area contributed by atoms with E-state index in [0.717, 1.165) is 38.9 Å². The van der Waals surface area contributed by atoms with Crippen LogP contribution in [-0.4, -0.2) is 129 Å². The van der Waals surface area contributed by atoms with Crippen LogP contribution in [-0.2, 0) is 5.41 Å². The van der Waals surface area contributed by atoms with E-state index in [9.17, 15) is 0 Å². The highest BCUT2D eigenvalue weighted by Gasteiger charge is 2.52. The van der Waals surface area contributed by atoms with Gasteiger partial charge in [0.05, 0.1) is 5.41 Å². The Balaban J connectivity index is 1.11. The minimum Gasteiger partial charge on any atom is -0.312 e. The van der Waals surface area contributed by atoms with Gasteiger partial charge in [-0.15, -0.1) is 32.8 Å². The Kier molecular flexibility index (Phi) is 11.1. The minimum absolute atomic E-state index is 0.00235. The molecule has 18 heteroatoms. The van der Waals surface area contributed by atoms with Gasteiger partial charge in [0.25, 0.3) is 0 Å². The summed E-state index contributed by atoms with van der Waals surface area (Å²) in [5.41, 5.74) is 12.5. The number of rotatable bonds is 5. The summed E-state index contributed by atoms with van der Waals surface area (Å²) in [7, 11) is 97.8. The van der Waals surface area contributed by atoms with E-state index >= 15 is 0 Å². The molecular formula is C64H24B14N4. The number of nitrogens with zero attached hydrogens (tertiary/aromatic N) is 4. The fourth-order valence-electron chi connectivity index (χ4n) is 13.5. The minimum atomic E-state index is -0.677. The molecule has 0 saturated heterocycles. The molecule has 1 spiro atoms. The number of hydrogen-bond acceptors (Lipinski definition) is 3. The third kappa shape index (κ3) is 6.44. The van der Waals surface area contributed by atoms with Gasteiger partial charge in [-0.25, -0.2) is 15.0 Å². The summed E-state index contributed by atoms with van der Waals surface area (Å²) >= 11 is 0. The molecule has 28 radical (unpaired) electrons. The molecule has 0 saturated carbocycles. The van der Waals surface area contributed by atoms with Crippen molar-refractivity contribution in [2.45, 2.75) is 5.41 Å². The first-order valence-corrected chi connectivity index (χ1v) is 26.3. The normalized spacial score (nSPS) is 12.9. The monoisotopic (exact) mass is 1000 g/mol. The highest BCUT2D eigenvalue weighted by Crippen LogP contribution is 2.64. The number of hydrogen-bond donors (Lipinski definition) is 0. The van der Waals surface area contributed by atoms with Crippen LogP contribution in [0.2, 0.25) is 0 Å². The molecule has 0 atom stereocenters. The molecule has 0 unspecified atom stereocenters. The van der Waals surface area contributed by atoms with E-state index in [0.29, 0.717) is 49.5 Å². The lowest BCUT2D eigenvalue weighted by molar-refractivity contribution is 0.794. The van der Waals surface area contributed by atoms with Gasteiger partial charge in [-0.3, -0.25) is 0 Å². The molecule has 13 aromatic rings. The van der Waals surface area contributed by atoms with Crippen molar-refractivity contribution in [1.29, 1.82) is 0 Å². The summed E-state index contributed by atoms with van der Waals surface area (Å²) in [6, 6.07) is 50.2. The molecular weight excluding hydrogens is 976 g/mol. The second-order valence-corrected chi connectivity index (χ2v) is 21.2. The fourth-order valence-corrected chi connectivity index (χ4v) is 13.5. The lowest BCUT2D eigenvalue weighted by atomic mass is 9.61. The average molecular weight is 1000 g/mol. The molecule has 11 aromatic carbocycles. The number of benzene rings is 11. The summed E-state index contributed by atoms with van der Waals surface area (Å²) in [6.45, 7) is 0. The van der Waals surface area contributed by atoms with E-state index in [4.69, 9.17) is 125 Å². The van der Waals surface area contributed by atoms with Crippen LogP contribution in [0.15, 0.2) is 146 Å². The van der Waals surface area contributed by atoms with Crippen molar-refractivity contribution < 1.29 is 0 Å². The first kappa shape index (κ1) is 50.8. The fraction of sp³-hybridized carbons (Fsp3) is 0.0156. The zero-order valence-electron chi connectivity index (χ0n) is 43.7. The number of fused-ring (bicyclic) bond motifs is 13. The van der Waals surface area contributed by atoms with Crippen molar-refractivity contribution in [3.8, 4) is 73.2 Å². The van der Waals surface area contributed by atoms with Gasteiger partial charge in [0.2, 0.25) is 0 Å². The predicted molar refractivity (Wildman–Crippen MR) is 354 cm³/mol. The van der Waals surface area contributed by atoms with Crippen molar-refractivity contribution in [3.63, 3.8) is 0 Å². The molecule has 2 aliphatic carbocycles. The van der Waals surface area contributed by atoms with Gasteiger partial charge >= 0.3 is 0 Å². The predicted octanol–water partition coefficient (Wildman–Crippen LogP) is -1.16. The Bertz CT molecular complexity index is 4970. The maximum absolute atomic E-state index is 7.62. The molecule has 0 N–H and O–H groups in total. The van der Waals surface area contributed by atoms with Crippen LogP contribution < -0.4 is 76.5 Å². The van der Waals surface area contributed by atoms with E-state index in [1.807, 2.05) is 48.5 Å². The first-order chi connectivity index (χ1) is 39.6. The summed E-state index contributed by atoms with van der Waals surface area (Å²) in [5, 5.41) is 2.07. The summed E-state index contributed by atoms with van der Waals surface area (Å²) < 4.78 is 1.62. The van der Waals surface area contributed by atoms with Gasteiger partial charge < -0.3 is 4.57 Å². The molecule has 4 nitrogen and oxygen atoms in total. The smallest absolute Gasteiger partial charge is 0.164 e. The van der Waals surface area contributed by atoms with Crippen LogP contribution in [0.1, 0.15) is 22.3 Å². The van der Waals surface area contributed by atoms with Gasteiger partial charge in [-0.05, 0) is 71.8 Å². The molecule has 2 aromatic heterocycles. The molecule has 15 rings (SSSR count). The third-order valence-electron chi connectivity index (χ3n) is 17.3. The maximum atomic E-state index is 7.62. The van der Waals surface area contributed by atoms with E-state index in [-0.39, 0.29) is 105 Å².